The van der Waals surface area contributed by atoms with E-state index < -0.39 is 22.9 Å². The smallest absolute Gasteiger partial charge is 0.343 e. The molecule has 172 valence electrons. The number of benzene rings is 3. The number of methoxy groups -OCH3 is 1. The first-order valence-electron chi connectivity index (χ1n) is 10.3. The van der Waals surface area contributed by atoms with E-state index in [1.54, 1.807) is 42.5 Å². The molecular formula is C26H20FNO5S. The summed E-state index contributed by atoms with van der Waals surface area (Å²) < 4.78 is 24.2. The van der Waals surface area contributed by atoms with E-state index in [9.17, 15) is 18.8 Å². The second kappa shape index (κ2) is 9.93. The Hall–Kier alpha value is -3.91. The Labute approximate surface area is 200 Å². The molecule has 0 spiro atoms. The number of rotatable bonds is 6. The quantitative estimate of drug-likeness (QED) is 0.262. The molecule has 1 saturated heterocycles. The summed E-state index contributed by atoms with van der Waals surface area (Å²) in [7, 11) is 1.44. The first kappa shape index (κ1) is 23.3. The number of imide groups is 1. The number of para-hydroxylation sites is 1. The highest BCUT2D eigenvalue weighted by Crippen LogP contribution is 2.38. The zero-order valence-electron chi connectivity index (χ0n) is 18.4. The number of halogens is 1. The van der Waals surface area contributed by atoms with Crippen LogP contribution in [0.25, 0.3) is 6.08 Å². The van der Waals surface area contributed by atoms with Crippen LogP contribution < -0.4 is 9.47 Å². The fraction of sp³-hybridized carbons (Fsp3) is 0.115. The molecule has 0 aromatic heterocycles. The molecule has 0 unspecified atom stereocenters. The molecule has 1 aliphatic rings. The number of amides is 2. The van der Waals surface area contributed by atoms with E-state index in [2.05, 4.69) is 0 Å². The molecule has 1 fully saturated rings. The van der Waals surface area contributed by atoms with Crippen molar-refractivity contribution in [3.05, 3.63) is 99.7 Å². The summed E-state index contributed by atoms with van der Waals surface area (Å²) in [6.07, 6.45) is 1.50. The highest BCUT2D eigenvalue weighted by molar-refractivity contribution is 8.18. The van der Waals surface area contributed by atoms with Crippen LogP contribution in [0.5, 0.6) is 11.5 Å². The standard InChI is InChI=1S/C26H20FNO5S/c1-16-6-10-18(11-7-16)25(30)33-23-19(4-3-5-21(23)32-2)14-22-24(29)28(26(31)34-22)15-17-8-12-20(27)13-9-17/h3-14H,15H2,1-2H3/b22-14-. The Morgan fingerprint density at radius 3 is 2.41 bits per heavy atom. The summed E-state index contributed by atoms with van der Waals surface area (Å²) in [5.41, 5.74) is 2.40. The monoisotopic (exact) mass is 477 g/mol. The third kappa shape index (κ3) is 5.02. The van der Waals surface area contributed by atoms with Gasteiger partial charge in [-0.2, -0.15) is 0 Å². The van der Waals surface area contributed by atoms with Crippen molar-refractivity contribution in [1.82, 2.24) is 4.90 Å². The zero-order valence-corrected chi connectivity index (χ0v) is 19.2. The van der Waals surface area contributed by atoms with Crippen LogP contribution in [0.15, 0.2) is 71.6 Å². The van der Waals surface area contributed by atoms with E-state index in [1.807, 2.05) is 6.92 Å². The largest absolute Gasteiger partial charge is 0.493 e. The topological polar surface area (TPSA) is 72.9 Å². The van der Waals surface area contributed by atoms with E-state index in [1.165, 1.54) is 37.5 Å². The van der Waals surface area contributed by atoms with Crippen molar-refractivity contribution in [1.29, 1.82) is 0 Å². The molecule has 3 aromatic carbocycles. The number of carbonyl (C=O) groups is 3. The van der Waals surface area contributed by atoms with Gasteiger partial charge in [0, 0.05) is 5.56 Å². The zero-order chi connectivity index (χ0) is 24.2. The normalized spacial score (nSPS) is 14.6. The number of ether oxygens (including phenoxy) is 2. The number of nitrogens with zero attached hydrogens (tertiary/aromatic N) is 1. The molecule has 3 aromatic rings. The predicted octanol–water partition coefficient (Wildman–Crippen LogP) is 5.60. The molecule has 0 aliphatic carbocycles. The molecule has 0 saturated carbocycles. The van der Waals surface area contributed by atoms with Crippen molar-refractivity contribution < 1.29 is 28.2 Å². The molecular weight excluding hydrogens is 457 g/mol. The van der Waals surface area contributed by atoms with Gasteiger partial charge in [0.05, 0.1) is 24.1 Å². The van der Waals surface area contributed by atoms with Crippen LogP contribution in [0.4, 0.5) is 9.18 Å². The second-order valence-electron chi connectivity index (χ2n) is 7.53. The highest BCUT2D eigenvalue weighted by atomic mass is 32.2. The minimum absolute atomic E-state index is 0.0235. The van der Waals surface area contributed by atoms with Crippen molar-refractivity contribution in [2.75, 3.05) is 7.11 Å². The lowest BCUT2D eigenvalue weighted by atomic mass is 10.1. The first-order valence-corrected chi connectivity index (χ1v) is 11.1. The number of aryl methyl sites for hydroxylation is 1. The molecule has 1 heterocycles. The lowest BCUT2D eigenvalue weighted by Gasteiger charge is -2.13. The van der Waals surface area contributed by atoms with E-state index in [0.717, 1.165) is 22.2 Å². The minimum Gasteiger partial charge on any atom is -0.493 e. The predicted molar refractivity (Wildman–Crippen MR) is 127 cm³/mol. The molecule has 34 heavy (non-hydrogen) atoms. The molecule has 6 nitrogen and oxygen atoms in total. The summed E-state index contributed by atoms with van der Waals surface area (Å²) in [6, 6.07) is 17.5. The first-order chi connectivity index (χ1) is 16.4. The maximum Gasteiger partial charge on any atom is 0.343 e. The third-order valence-corrected chi connectivity index (χ3v) is 6.03. The van der Waals surface area contributed by atoms with E-state index in [0.29, 0.717) is 22.4 Å². The van der Waals surface area contributed by atoms with Crippen LogP contribution in [-0.4, -0.2) is 29.1 Å². The molecule has 0 radical (unpaired) electrons. The molecule has 0 atom stereocenters. The number of esters is 1. The lowest BCUT2D eigenvalue weighted by Crippen LogP contribution is -2.27. The molecule has 1 aliphatic heterocycles. The summed E-state index contributed by atoms with van der Waals surface area (Å²) in [4.78, 5) is 39.4. The molecule has 2 amide bonds. The number of thioether (sulfide) groups is 1. The average Bonchev–Trinajstić information content (AvgIpc) is 3.09. The Morgan fingerprint density at radius 1 is 1.03 bits per heavy atom. The number of hydrogen-bond acceptors (Lipinski definition) is 6. The summed E-state index contributed by atoms with van der Waals surface area (Å²) >= 11 is 0.781. The Balaban J connectivity index is 1.61. The van der Waals surface area contributed by atoms with Gasteiger partial charge in [0.15, 0.2) is 11.5 Å². The molecule has 0 N–H and O–H groups in total. The fourth-order valence-electron chi connectivity index (χ4n) is 3.31. The fourth-order valence-corrected chi connectivity index (χ4v) is 4.14. The van der Waals surface area contributed by atoms with Gasteiger partial charge >= 0.3 is 5.97 Å². The maximum absolute atomic E-state index is 13.2. The lowest BCUT2D eigenvalue weighted by molar-refractivity contribution is -0.123. The minimum atomic E-state index is -0.580. The van der Waals surface area contributed by atoms with E-state index in [-0.39, 0.29) is 17.2 Å². The molecule has 0 bridgehead atoms. The van der Waals surface area contributed by atoms with Gasteiger partial charge in [-0.15, -0.1) is 0 Å². The van der Waals surface area contributed by atoms with E-state index >= 15 is 0 Å². The Bertz CT molecular complexity index is 1290. The SMILES string of the molecule is COc1cccc(/C=C2\SC(=O)N(Cc3ccc(F)cc3)C2=O)c1OC(=O)c1ccc(C)cc1. The van der Waals surface area contributed by atoms with Gasteiger partial charge in [-0.3, -0.25) is 14.5 Å². The molecule has 8 heteroatoms. The van der Waals surface area contributed by atoms with Crippen LogP contribution in [0.1, 0.15) is 27.0 Å². The summed E-state index contributed by atoms with van der Waals surface area (Å²) in [5, 5.41) is -0.443. The van der Waals surface area contributed by atoms with Crippen LogP contribution in [-0.2, 0) is 11.3 Å². The molecule has 4 rings (SSSR count). The van der Waals surface area contributed by atoms with Gasteiger partial charge in [0.1, 0.15) is 5.82 Å². The Kier molecular flexibility index (Phi) is 6.79. The second-order valence-corrected chi connectivity index (χ2v) is 8.52. The van der Waals surface area contributed by atoms with Crippen LogP contribution in [0.3, 0.4) is 0 Å². The van der Waals surface area contributed by atoms with Gasteiger partial charge in [-0.05, 0) is 60.7 Å². The Morgan fingerprint density at radius 2 is 1.74 bits per heavy atom. The summed E-state index contributed by atoms with van der Waals surface area (Å²) in [6.45, 7) is 1.94. The third-order valence-electron chi connectivity index (χ3n) is 5.13. The van der Waals surface area contributed by atoms with Crippen molar-refractivity contribution in [2.24, 2.45) is 0 Å². The highest BCUT2D eigenvalue weighted by Gasteiger charge is 2.35. The number of hydrogen-bond donors (Lipinski definition) is 0. The van der Waals surface area contributed by atoms with Crippen LogP contribution >= 0.6 is 11.8 Å². The van der Waals surface area contributed by atoms with Gasteiger partial charge < -0.3 is 9.47 Å². The van der Waals surface area contributed by atoms with Crippen LogP contribution in [0.2, 0.25) is 0 Å². The van der Waals surface area contributed by atoms with Gasteiger partial charge in [0.2, 0.25) is 0 Å². The maximum atomic E-state index is 13.2. The van der Waals surface area contributed by atoms with Gasteiger partial charge in [0.25, 0.3) is 11.1 Å². The van der Waals surface area contributed by atoms with Crippen LogP contribution in [0, 0.1) is 12.7 Å². The van der Waals surface area contributed by atoms with Gasteiger partial charge in [-0.25, -0.2) is 9.18 Å². The summed E-state index contributed by atoms with van der Waals surface area (Å²) in [5.74, 6) is -1.02. The van der Waals surface area contributed by atoms with E-state index in [4.69, 9.17) is 9.47 Å². The van der Waals surface area contributed by atoms with Crippen molar-refractivity contribution in [3.63, 3.8) is 0 Å². The van der Waals surface area contributed by atoms with Crippen molar-refractivity contribution in [3.8, 4) is 11.5 Å². The average molecular weight is 478 g/mol. The van der Waals surface area contributed by atoms with Crippen molar-refractivity contribution >= 4 is 35.0 Å². The number of carbonyl (C=O) groups excluding carboxylic acids is 3. The van der Waals surface area contributed by atoms with Crippen molar-refractivity contribution in [2.45, 2.75) is 13.5 Å². The van der Waals surface area contributed by atoms with Gasteiger partial charge in [-0.1, -0.05) is 42.0 Å².